The Morgan fingerprint density at radius 1 is 1.33 bits per heavy atom. The standard InChI is InChI=1S/C11H14O2S2/c1-9(2)11(12)13-15-14-8-10-6-4-3-5-7-10/h3-7,9H,8H2,1-2H3. The molecular weight excluding hydrogens is 228 g/mol. The summed E-state index contributed by atoms with van der Waals surface area (Å²) in [7, 11) is 1.53. The number of carbonyl (C=O) groups is 1. The molecule has 0 bridgehead atoms. The van der Waals surface area contributed by atoms with Crippen molar-refractivity contribution in [1.82, 2.24) is 0 Å². The molecule has 4 heteroatoms. The fraction of sp³-hybridized carbons (Fsp3) is 0.364. The lowest BCUT2D eigenvalue weighted by Crippen LogP contribution is -2.06. The highest BCUT2D eigenvalue weighted by atomic mass is 33.1. The van der Waals surface area contributed by atoms with Gasteiger partial charge in [-0.3, -0.25) is 4.79 Å². The fourth-order valence-electron chi connectivity index (χ4n) is 0.820. The van der Waals surface area contributed by atoms with Crippen LogP contribution in [-0.4, -0.2) is 5.97 Å². The van der Waals surface area contributed by atoms with E-state index in [1.165, 1.54) is 16.4 Å². The highest BCUT2D eigenvalue weighted by molar-refractivity contribution is 8.74. The number of rotatable bonds is 5. The highest BCUT2D eigenvalue weighted by Gasteiger charge is 2.08. The van der Waals surface area contributed by atoms with Gasteiger partial charge in [0.2, 0.25) is 0 Å². The molecule has 0 N–H and O–H groups in total. The molecule has 2 nitrogen and oxygen atoms in total. The Morgan fingerprint density at radius 2 is 2.00 bits per heavy atom. The Kier molecular flexibility index (Phi) is 5.65. The molecule has 0 amide bonds. The van der Waals surface area contributed by atoms with E-state index >= 15 is 0 Å². The molecule has 0 heterocycles. The molecule has 1 aromatic rings. The molecule has 0 aromatic heterocycles. The number of hydrogen-bond acceptors (Lipinski definition) is 4. The van der Waals surface area contributed by atoms with E-state index in [1.807, 2.05) is 32.0 Å². The van der Waals surface area contributed by atoms with Crippen molar-refractivity contribution in [2.45, 2.75) is 19.6 Å². The van der Waals surface area contributed by atoms with Crippen LogP contribution in [0.1, 0.15) is 19.4 Å². The highest BCUT2D eigenvalue weighted by Crippen LogP contribution is 2.27. The van der Waals surface area contributed by atoms with Crippen LogP contribution in [0.4, 0.5) is 0 Å². The molecule has 0 spiro atoms. The van der Waals surface area contributed by atoms with Crippen molar-refractivity contribution in [3.8, 4) is 0 Å². The summed E-state index contributed by atoms with van der Waals surface area (Å²) in [5, 5.41) is 0. The molecule has 0 saturated heterocycles. The van der Waals surface area contributed by atoms with Crippen LogP contribution in [0.3, 0.4) is 0 Å². The summed E-state index contributed by atoms with van der Waals surface area (Å²) >= 11 is 1.15. The van der Waals surface area contributed by atoms with Crippen LogP contribution >= 0.6 is 21.9 Å². The summed E-state index contributed by atoms with van der Waals surface area (Å²) in [6.45, 7) is 3.65. The third-order valence-electron chi connectivity index (χ3n) is 1.70. The molecule has 0 atom stereocenters. The van der Waals surface area contributed by atoms with Gasteiger partial charge in [0, 0.05) is 5.75 Å². The lowest BCUT2D eigenvalue weighted by Gasteiger charge is -2.03. The number of hydrogen-bond donors (Lipinski definition) is 0. The zero-order valence-electron chi connectivity index (χ0n) is 8.80. The molecule has 0 unspecified atom stereocenters. The Balaban J connectivity index is 2.15. The van der Waals surface area contributed by atoms with E-state index in [4.69, 9.17) is 4.18 Å². The van der Waals surface area contributed by atoms with E-state index in [0.29, 0.717) is 0 Å². The van der Waals surface area contributed by atoms with Crippen LogP contribution in [0.25, 0.3) is 0 Å². The molecule has 0 aliphatic heterocycles. The topological polar surface area (TPSA) is 26.3 Å². The zero-order chi connectivity index (χ0) is 11.1. The quantitative estimate of drug-likeness (QED) is 0.447. The van der Waals surface area contributed by atoms with E-state index in [1.54, 1.807) is 0 Å². The Hall–Kier alpha value is -0.610. The molecule has 0 aliphatic carbocycles. The third-order valence-corrected chi connectivity index (χ3v) is 3.33. The van der Waals surface area contributed by atoms with Crippen molar-refractivity contribution in [2.75, 3.05) is 0 Å². The van der Waals surface area contributed by atoms with Crippen molar-refractivity contribution in [3.63, 3.8) is 0 Å². The van der Waals surface area contributed by atoms with E-state index in [-0.39, 0.29) is 11.9 Å². The van der Waals surface area contributed by atoms with Gasteiger partial charge in [-0.1, -0.05) is 44.2 Å². The Morgan fingerprint density at radius 3 is 2.60 bits per heavy atom. The van der Waals surface area contributed by atoms with Crippen molar-refractivity contribution in [3.05, 3.63) is 35.9 Å². The van der Waals surface area contributed by atoms with E-state index in [2.05, 4.69) is 12.1 Å². The van der Waals surface area contributed by atoms with Gasteiger partial charge in [-0.2, -0.15) is 0 Å². The van der Waals surface area contributed by atoms with Gasteiger partial charge in [0.05, 0.1) is 5.92 Å². The summed E-state index contributed by atoms with van der Waals surface area (Å²) in [6.07, 6.45) is 0. The molecule has 0 saturated carbocycles. The maximum absolute atomic E-state index is 11.1. The molecular formula is C11H14O2S2. The minimum absolute atomic E-state index is 0.0603. The van der Waals surface area contributed by atoms with Crippen LogP contribution in [0.15, 0.2) is 30.3 Å². The van der Waals surface area contributed by atoms with Crippen LogP contribution < -0.4 is 0 Å². The van der Waals surface area contributed by atoms with Crippen molar-refractivity contribution in [2.24, 2.45) is 5.92 Å². The summed E-state index contributed by atoms with van der Waals surface area (Å²) in [5.41, 5.74) is 1.23. The van der Waals surface area contributed by atoms with Gasteiger partial charge in [-0.25, -0.2) is 0 Å². The summed E-state index contributed by atoms with van der Waals surface area (Å²) < 4.78 is 4.97. The maximum Gasteiger partial charge on any atom is 0.321 e. The average molecular weight is 242 g/mol. The first-order valence-corrected chi connectivity index (χ1v) is 6.98. The van der Waals surface area contributed by atoms with Gasteiger partial charge in [0.1, 0.15) is 11.1 Å². The molecule has 0 radical (unpaired) electrons. The number of carbonyl (C=O) groups excluding carboxylic acids is 1. The summed E-state index contributed by atoms with van der Waals surface area (Å²) in [6, 6.07) is 10.1. The first kappa shape index (κ1) is 12.5. The lowest BCUT2D eigenvalue weighted by molar-refractivity contribution is -0.136. The van der Waals surface area contributed by atoms with Crippen molar-refractivity contribution >= 4 is 27.8 Å². The SMILES string of the molecule is CC(C)C(=O)OSSCc1ccccc1. The minimum atomic E-state index is -0.166. The monoisotopic (exact) mass is 242 g/mol. The number of benzene rings is 1. The lowest BCUT2D eigenvalue weighted by atomic mass is 10.2. The minimum Gasteiger partial charge on any atom is -0.379 e. The first-order chi connectivity index (χ1) is 7.20. The first-order valence-electron chi connectivity index (χ1n) is 4.74. The van der Waals surface area contributed by atoms with Crippen LogP contribution in [0.5, 0.6) is 0 Å². The van der Waals surface area contributed by atoms with Gasteiger partial charge in [0.25, 0.3) is 0 Å². The molecule has 1 aromatic carbocycles. The van der Waals surface area contributed by atoms with Gasteiger partial charge < -0.3 is 4.18 Å². The maximum atomic E-state index is 11.1. The third kappa shape index (κ3) is 5.14. The summed E-state index contributed by atoms with van der Waals surface area (Å²) in [5.74, 6) is 0.618. The zero-order valence-corrected chi connectivity index (χ0v) is 10.4. The molecule has 0 aliphatic rings. The second kappa shape index (κ2) is 6.80. The fourth-order valence-corrected chi connectivity index (χ4v) is 2.40. The van der Waals surface area contributed by atoms with Crippen LogP contribution in [-0.2, 0) is 14.7 Å². The van der Waals surface area contributed by atoms with E-state index in [9.17, 15) is 4.79 Å². The predicted octanol–water partition coefficient (Wildman–Crippen LogP) is 3.68. The van der Waals surface area contributed by atoms with Gasteiger partial charge in [-0.15, -0.1) is 0 Å². The van der Waals surface area contributed by atoms with E-state index in [0.717, 1.165) is 16.8 Å². The predicted molar refractivity (Wildman–Crippen MR) is 66.3 cm³/mol. The average Bonchev–Trinajstić information content (AvgIpc) is 2.25. The Bertz CT molecular complexity index is 299. The van der Waals surface area contributed by atoms with Gasteiger partial charge in [0.15, 0.2) is 0 Å². The van der Waals surface area contributed by atoms with Crippen LogP contribution in [0, 0.1) is 5.92 Å². The van der Waals surface area contributed by atoms with E-state index < -0.39 is 0 Å². The Labute approximate surface area is 98.4 Å². The van der Waals surface area contributed by atoms with Crippen molar-refractivity contribution < 1.29 is 8.98 Å². The van der Waals surface area contributed by atoms with Crippen molar-refractivity contribution in [1.29, 1.82) is 0 Å². The normalized spacial score (nSPS) is 10.3. The molecule has 1 rings (SSSR count). The molecule has 0 fully saturated rings. The van der Waals surface area contributed by atoms with Gasteiger partial charge in [-0.05, 0) is 16.4 Å². The smallest absolute Gasteiger partial charge is 0.321 e. The molecule has 15 heavy (non-hydrogen) atoms. The largest absolute Gasteiger partial charge is 0.379 e. The summed E-state index contributed by atoms with van der Waals surface area (Å²) in [4.78, 5) is 11.1. The van der Waals surface area contributed by atoms with Gasteiger partial charge >= 0.3 is 5.97 Å². The second-order valence-corrected chi connectivity index (χ2v) is 5.32. The molecule has 82 valence electrons. The second-order valence-electron chi connectivity index (χ2n) is 3.37. The van der Waals surface area contributed by atoms with Crippen LogP contribution in [0.2, 0.25) is 0 Å².